The summed E-state index contributed by atoms with van der Waals surface area (Å²) in [5.74, 6) is 5.55. The molecule has 2 aromatic rings. The summed E-state index contributed by atoms with van der Waals surface area (Å²) in [6.45, 7) is 0. The summed E-state index contributed by atoms with van der Waals surface area (Å²) < 4.78 is 13.0. The molecule has 7 nitrogen and oxygen atoms in total. The second-order valence-corrected chi connectivity index (χ2v) is 3.55. The van der Waals surface area contributed by atoms with Crippen molar-refractivity contribution in [2.45, 2.75) is 12.5 Å². The summed E-state index contributed by atoms with van der Waals surface area (Å²) in [7, 11) is 1.67. The van der Waals surface area contributed by atoms with Crippen molar-refractivity contribution in [2.75, 3.05) is 0 Å². The largest absolute Gasteiger partial charge is 0.271 e. The monoisotopic (exact) mass is 237 g/mol. The number of pyridine rings is 1. The van der Waals surface area contributed by atoms with E-state index in [1.165, 1.54) is 10.9 Å². The molecule has 0 aliphatic rings. The minimum Gasteiger partial charge on any atom is -0.271 e. The first-order valence-corrected chi connectivity index (χ1v) is 4.98. The SMILES string of the molecule is Cn1nnc(CC(NN)c2cncc(F)c2)n1. The van der Waals surface area contributed by atoms with E-state index < -0.39 is 5.82 Å². The van der Waals surface area contributed by atoms with Gasteiger partial charge >= 0.3 is 0 Å². The van der Waals surface area contributed by atoms with Crippen molar-refractivity contribution in [2.24, 2.45) is 12.9 Å². The molecule has 0 spiro atoms. The number of nitrogens with zero attached hydrogens (tertiary/aromatic N) is 5. The van der Waals surface area contributed by atoms with Gasteiger partial charge in [-0.25, -0.2) is 4.39 Å². The fourth-order valence-electron chi connectivity index (χ4n) is 1.48. The lowest BCUT2D eigenvalue weighted by Crippen LogP contribution is -2.30. The Kier molecular flexibility index (Phi) is 3.35. The molecule has 2 heterocycles. The molecule has 8 heteroatoms. The molecular weight excluding hydrogens is 225 g/mol. The van der Waals surface area contributed by atoms with E-state index in [1.54, 1.807) is 13.2 Å². The molecule has 0 amide bonds. The smallest absolute Gasteiger partial charge is 0.176 e. The molecule has 0 bridgehead atoms. The highest BCUT2D eigenvalue weighted by atomic mass is 19.1. The van der Waals surface area contributed by atoms with E-state index in [1.807, 2.05) is 0 Å². The van der Waals surface area contributed by atoms with E-state index in [4.69, 9.17) is 5.84 Å². The quantitative estimate of drug-likeness (QED) is 0.549. The van der Waals surface area contributed by atoms with E-state index in [2.05, 4.69) is 25.8 Å². The minimum atomic E-state index is -0.408. The molecule has 0 aliphatic carbocycles. The van der Waals surface area contributed by atoms with Gasteiger partial charge in [-0.15, -0.1) is 10.2 Å². The molecule has 0 saturated heterocycles. The number of aromatic nitrogens is 5. The van der Waals surface area contributed by atoms with Crippen LogP contribution in [-0.4, -0.2) is 25.2 Å². The molecule has 17 heavy (non-hydrogen) atoms. The van der Waals surface area contributed by atoms with Crippen LogP contribution in [0.4, 0.5) is 4.39 Å². The molecular formula is C9H12FN7. The standard InChI is InChI=1S/C9H12FN7/c1-17-15-9(14-16-17)3-8(13-11)6-2-7(10)5-12-4-6/h2,4-5,8,13H,3,11H2,1H3. The summed E-state index contributed by atoms with van der Waals surface area (Å²) in [5, 5.41) is 11.6. The maximum atomic E-state index is 13.0. The van der Waals surface area contributed by atoms with Crippen molar-refractivity contribution in [3.8, 4) is 0 Å². The number of aryl methyl sites for hydroxylation is 1. The van der Waals surface area contributed by atoms with E-state index >= 15 is 0 Å². The highest BCUT2D eigenvalue weighted by Crippen LogP contribution is 2.15. The van der Waals surface area contributed by atoms with Gasteiger partial charge < -0.3 is 0 Å². The molecule has 2 rings (SSSR count). The van der Waals surface area contributed by atoms with Gasteiger partial charge in [0.25, 0.3) is 0 Å². The highest BCUT2D eigenvalue weighted by molar-refractivity contribution is 5.16. The van der Waals surface area contributed by atoms with Crippen LogP contribution in [0.25, 0.3) is 0 Å². The van der Waals surface area contributed by atoms with Crippen molar-refractivity contribution in [3.63, 3.8) is 0 Å². The van der Waals surface area contributed by atoms with E-state index in [9.17, 15) is 4.39 Å². The van der Waals surface area contributed by atoms with E-state index in [-0.39, 0.29) is 6.04 Å². The predicted octanol–water partition coefficient (Wildman–Crippen LogP) is -0.509. The molecule has 1 unspecified atom stereocenters. The number of hydrogen-bond acceptors (Lipinski definition) is 6. The van der Waals surface area contributed by atoms with Crippen LogP contribution in [0.5, 0.6) is 0 Å². The Morgan fingerprint density at radius 3 is 2.94 bits per heavy atom. The van der Waals surface area contributed by atoms with Gasteiger partial charge in [0.05, 0.1) is 19.3 Å². The molecule has 0 aliphatic heterocycles. The van der Waals surface area contributed by atoms with Crippen molar-refractivity contribution < 1.29 is 4.39 Å². The number of rotatable bonds is 4. The molecule has 3 N–H and O–H groups in total. The summed E-state index contributed by atoms with van der Waals surface area (Å²) in [5.41, 5.74) is 3.22. The number of nitrogens with one attached hydrogen (secondary N) is 1. The summed E-state index contributed by atoms with van der Waals surface area (Å²) >= 11 is 0. The van der Waals surface area contributed by atoms with Gasteiger partial charge in [-0.1, -0.05) is 0 Å². The third-order valence-corrected chi connectivity index (χ3v) is 2.27. The first-order valence-electron chi connectivity index (χ1n) is 4.98. The summed E-state index contributed by atoms with van der Waals surface area (Å²) in [6.07, 6.45) is 3.09. The number of tetrazole rings is 1. The fraction of sp³-hybridized carbons (Fsp3) is 0.333. The maximum absolute atomic E-state index is 13.0. The highest BCUT2D eigenvalue weighted by Gasteiger charge is 2.14. The lowest BCUT2D eigenvalue weighted by molar-refractivity contribution is 0.527. The van der Waals surface area contributed by atoms with Crippen molar-refractivity contribution >= 4 is 0 Å². The zero-order valence-corrected chi connectivity index (χ0v) is 9.21. The van der Waals surface area contributed by atoms with Gasteiger partial charge in [0.2, 0.25) is 0 Å². The molecule has 0 saturated carbocycles. The average Bonchev–Trinajstić information content (AvgIpc) is 2.72. The molecule has 2 aromatic heterocycles. The van der Waals surface area contributed by atoms with Crippen molar-refractivity contribution in [1.29, 1.82) is 0 Å². The first kappa shape index (κ1) is 11.6. The van der Waals surface area contributed by atoms with Gasteiger partial charge in [0, 0.05) is 12.6 Å². The summed E-state index contributed by atoms with van der Waals surface area (Å²) in [6, 6.07) is 1.07. The Bertz CT molecular complexity index is 498. The second kappa shape index (κ2) is 4.93. The topological polar surface area (TPSA) is 94.5 Å². The number of nitrogens with two attached hydrogens (primary N) is 1. The second-order valence-electron chi connectivity index (χ2n) is 3.55. The average molecular weight is 237 g/mol. The van der Waals surface area contributed by atoms with Crippen molar-refractivity contribution in [3.05, 3.63) is 35.7 Å². The zero-order valence-electron chi connectivity index (χ0n) is 9.21. The van der Waals surface area contributed by atoms with Crippen LogP contribution in [0.15, 0.2) is 18.5 Å². The van der Waals surface area contributed by atoms with Crippen LogP contribution in [-0.2, 0) is 13.5 Å². The number of hydrogen-bond donors (Lipinski definition) is 2. The first-order chi connectivity index (χ1) is 8.19. The van der Waals surface area contributed by atoms with Crippen molar-refractivity contribution in [1.82, 2.24) is 30.6 Å². The number of halogens is 1. The Morgan fingerprint density at radius 1 is 1.53 bits per heavy atom. The molecule has 90 valence electrons. The van der Waals surface area contributed by atoms with Crippen LogP contribution in [0.1, 0.15) is 17.4 Å². The van der Waals surface area contributed by atoms with Gasteiger partial charge in [-0.05, 0) is 16.8 Å². The predicted molar refractivity (Wildman–Crippen MR) is 56.8 cm³/mol. The van der Waals surface area contributed by atoms with Gasteiger partial charge in [-0.2, -0.15) is 4.80 Å². The third kappa shape index (κ3) is 2.80. The third-order valence-electron chi connectivity index (χ3n) is 2.27. The van der Waals surface area contributed by atoms with Crippen LogP contribution in [0.2, 0.25) is 0 Å². The van der Waals surface area contributed by atoms with E-state index in [0.717, 1.165) is 6.20 Å². The summed E-state index contributed by atoms with van der Waals surface area (Å²) in [4.78, 5) is 5.12. The van der Waals surface area contributed by atoms with Crippen LogP contribution >= 0.6 is 0 Å². The van der Waals surface area contributed by atoms with Gasteiger partial charge in [0.15, 0.2) is 5.82 Å². The molecule has 0 radical (unpaired) electrons. The minimum absolute atomic E-state index is 0.303. The van der Waals surface area contributed by atoms with Crippen LogP contribution in [0.3, 0.4) is 0 Å². The Morgan fingerprint density at radius 2 is 2.35 bits per heavy atom. The Balaban J connectivity index is 2.16. The number of hydrazine groups is 1. The van der Waals surface area contributed by atoms with Crippen LogP contribution in [0, 0.1) is 5.82 Å². The van der Waals surface area contributed by atoms with Crippen LogP contribution < -0.4 is 11.3 Å². The van der Waals surface area contributed by atoms with Gasteiger partial charge in [0.1, 0.15) is 5.82 Å². The lowest BCUT2D eigenvalue weighted by Gasteiger charge is -2.13. The van der Waals surface area contributed by atoms with Gasteiger partial charge in [-0.3, -0.25) is 16.3 Å². The van der Waals surface area contributed by atoms with E-state index in [0.29, 0.717) is 17.8 Å². The molecule has 0 fully saturated rings. The Labute approximate surface area is 96.8 Å². The molecule has 1 atom stereocenters. The lowest BCUT2D eigenvalue weighted by atomic mass is 10.1. The molecule has 0 aromatic carbocycles. The fourth-order valence-corrected chi connectivity index (χ4v) is 1.48. The Hall–Kier alpha value is -1.93. The zero-order chi connectivity index (χ0) is 12.3. The maximum Gasteiger partial charge on any atom is 0.176 e. The normalized spacial score (nSPS) is 12.6.